The van der Waals surface area contributed by atoms with Gasteiger partial charge in [-0.25, -0.2) is 9.78 Å². The molecule has 1 amide bonds. The van der Waals surface area contributed by atoms with Crippen molar-refractivity contribution in [1.29, 1.82) is 0 Å². The largest absolute Gasteiger partial charge is 0.478 e. The van der Waals surface area contributed by atoms with E-state index >= 15 is 0 Å². The molecule has 1 aliphatic heterocycles. The summed E-state index contributed by atoms with van der Waals surface area (Å²) in [5, 5.41) is 8.97. The van der Waals surface area contributed by atoms with Gasteiger partial charge in [-0.3, -0.25) is 4.79 Å². The van der Waals surface area contributed by atoms with E-state index in [2.05, 4.69) is 4.98 Å². The number of hydrogen-bond donors (Lipinski definition) is 1. The van der Waals surface area contributed by atoms with Crippen molar-refractivity contribution in [1.82, 2.24) is 9.88 Å². The van der Waals surface area contributed by atoms with Crippen molar-refractivity contribution in [2.75, 3.05) is 0 Å². The summed E-state index contributed by atoms with van der Waals surface area (Å²) in [6, 6.07) is 7.34. The van der Waals surface area contributed by atoms with E-state index in [4.69, 9.17) is 5.11 Å². The highest BCUT2D eigenvalue weighted by Crippen LogP contribution is 2.25. The summed E-state index contributed by atoms with van der Waals surface area (Å²) in [7, 11) is 0. The number of benzene rings is 1. The van der Waals surface area contributed by atoms with E-state index in [9.17, 15) is 14.0 Å². The van der Waals surface area contributed by atoms with Crippen LogP contribution in [0.5, 0.6) is 0 Å². The molecular formula is C15H11FN2O3. The van der Waals surface area contributed by atoms with Crippen LogP contribution in [0.3, 0.4) is 0 Å². The lowest BCUT2D eigenvalue weighted by atomic mass is 10.1. The molecule has 0 fully saturated rings. The van der Waals surface area contributed by atoms with Crippen LogP contribution in [0.1, 0.15) is 31.8 Å². The van der Waals surface area contributed by atoms with Crippen LogP contribution in [-0.2, 0) is 13.1 Å². The zero-order valence-electron chi connectivity index (χ0n) is 10.9. The molecule has 0 spiro atoms. The van der Waals surface area contributed by atoms with Gasteiger partial charge in [-0.2, -0.15) is 4.39 Å². The predicted molar refractivity (Wildman–Crippen MR) is 71.2 cm³/mol. The molecule has 0 atom stereocenters. The molecule has 0 radical (unpaired) electrons. The summed E-state index contributed by atoms with van der Waals surface area (Å²) in [5.41, 5.74) is 2.13. The van der Waals surface area contributed by atoms with Gasteiger partial charge in [-0.15, -0.1) is 0 Å². The third kappa shape index (κ3) is 2.47. The lowest BCUT2D eigenvalue weighted by Gasteiger charge is -2.15. The van der Waals surface area contributed by atoms with Crippen molar-refractivity contribution >= 4 is 11.9 Å². The number of halogens is 1. The van der Waals surface area contributed by atoms with Crippen molar-refractivity contribution in [2.45, 2.75) is 13.1 Å². The Bertz CT molecular complexity index is 745. The number of carboxylic acid groups (broad SMARTS) is 1. The van der Waals surface area contributed by atoms with E-state index in [0.29, 0.717) is 13.1 Å². The molecule has 0 saturated carbocycles. The second-order valence-corrected chi connectivity index (χ2v) is 4.82. The standard InChI is InChI=1S/C15H11FN2O3/c16-13-6-9(3-4-17-13)14(19)18-7-11-2-1-10(15(20)21)5-12(11)8-18/h1-6H,7-8H2,(H,20,21). The fourth-order valence-electron chi connectivity index (χ4n) is 2.39. The zero-order valence-corrected chi connectivity index (χ0v) is 10.9. The van der Waals surface area contributed by atoms with E-state index in [1.54, 1.807) is 17.0 Å². The van der Waals surface area contributed by atoms with Crippen molar-refractivity contribution in [3.05, 3.63) is 64.7 Å². The van der Waals surface area contributed by atoms with E-state index in [-0.39, 0.29) is 17.0 Å². The molecule has 106 valence electrons. The van der Waals surface area contributed by atoms with Crippen molar-refractivity contribution in [2.24, 2.45) is 0 Å². The Labute approximate surface area is 119 Å². The van der Waals surface area contributed by atoms with Crippen LogP contribution in [0.4, 0.5) is 4.39 Å². The van der Waals surface area contributed by atoms with Crippen molar-refractivity contribution in [3.63, 3.8) is 0 Å². The highest BCUT2D eigenvalue weighted by atomic mass is 19.1. The quantitative estimate of drug-likeness (QED) is 0.858. The molecule has 0 bridgehead atoms. The van der Waals surface area contributed by atoms with Crippen LogP contribution in [-0.4, -0.2) is 26.9 Å². The molecule has 1 aliphatic rings. The molecule has 0 unspecified atom stereocenters. The molecule has 2 heterocycles. The highest BCUT2D eigenvalue weighted by molar-refractivity contribution is 5.94. The molecule has 0 aliphatic carbocycles. The Balaban J connectivity index is 1.84. The van der Waals surface area contributed by atoms with Gasteiger partial charge in [0.15, 0.2) is 0 Å². The molecular weight excluding hydrogens is 275 g/mol. The van der Waals surface area contributed by atoms with Crippen LogP contribution in [0.25, 0.3) is 0 Å². The molecule has 21 heavy (non-hydrogen) atoms. The topological polar surface area (TPSA) is 70.5 Å². The fraction of sp³-hybridized carbons (Fsp3) is 0.133. The lowest BCUT2D eigenvalue weighted by Crippen LogP contribution is -2.25. The maximum Gasteiger partial charge on any atom is 0.335 e. The van der Waals surface area contributed by atoms with Gasteiger partial charge in [0.25, 0.3) is 5.91 Å². The molecule has 1 aromatic heterocycles. The van der Waals surface area contributed by atoms with Crippen molar-refractivity contribution in [3.8, 4) is 0 Å². The normalized spacial score (nSPS) is 13.1. The average molecular weight is 286 g/mol. The second kappa shape index (κ2) is 4.97. The van der Waals surface area contributed by atoms with Gasteiger partial charge in [0.1, 0.15) is 0 Å². The van der Waals surface area contributed by atoms with E-state index in [0.717, 1.165) is 17.2 Å². The third-order valence-corrected chi connectivity index (χ3v) is 3.44. The molecule has 2 aromatic rings. The number of aromatic nitrogens is 1. The van der Waals surface area contributed by atoms with E-state index in [1.807, 2.05) is 0 Å². The average Bonchev–Trinajstić information content (AvgIpc) is 2.89. The van der Waals surface area contributed by atoms with Gasteiger partial charge in [0.05, 0.1) is 5.56 Å². The number of hydrogen-bond acceptors (Lipinski definition) is 3. The first-order chi connectivity index (χ1) is 10.0. The minimum absolute atomic E-state index is 0.193. The number of rotatable bonds is 2. The SMILES string of the molecule is O=C(O)c1ccc2c(c1)CN(C(=O)c1ccnc(F)c1)C2. The Morgan fingerprint density at radius 2 is 1.86 bits per heavy atom. The highest BCUT2D eigenvalue weighted by Gasteiger charge is 2.25. The first-order valence-electron chi connectivity index (χ1n) is 6.30. The Kier molecular flexibility index (Phi) is 3.13. The third-order valence-electron chi connectivity index (χ3n) is 3.44. The Hall–Kier alpha value is -2.76. The number of carbonyl (C=O) groups excluding carboxylic acids is 1. The first-order valence-corrected chi connectivity index (χ1v) is 6.30. The number of pyridine rings is 1. The number of carboxylic acids is 1. The number of amides is 1. The van der Waals surface area contributed by atoms with Crippen molar-refractivity contribution < 1.29 is 19.1 Å². The number of aromatic carboxylic acids is 1. The summed E-state index contributed by atoms with van der Waals surface area (Å²) in [6.45, 7) is 0.706. The van der Waals surface area contributed by atoms with Crippen LogP contribution in [0, 0.1) is 5.95 Å². The van der Waals surface area contributed by atoms with Crippen LogP contribution in [0.15, 0.2) is 36.5 Å². The van der Waals surface area contributed by atoms with Gasteiger partial charge in [-0.1, -0.05) is 6.07 Å². The van der Waals surface area contributed by atoms with Gasteiger partial charge in [-0.05, 0) is 29.3 Å². The minimum atomic E-state index is -1.00. The summed E-state index contributed by atoms with van der Waals surface area (Å²) in [4.78, 5) is 28.2. The van der Waals surface area contributed by atoms with E-state index in [1.165, 1.54) is 18.3 Å². The summed E-state index contributed by atoms with van der Waals surface area (Å²) in [5.74, 6) is -2.01. The number of nitrogens with zero attached hydrogens (tertiary/aromatic N) is 2. The summed E-state index contributed by atoms with van der Waals surface area (Å²) in [6.07, 6.45) is 1.24. The lowest BCUT2D eigenvalue weighted by molar-refractivity contribution is 0.0696. The molecule has 6 heteroatoms. The van der Waals surface area contributed by atoms with Crippen LogP contribution in [0.2, 0.25) is 0 Å². The molecule has 5 nitrogen and oxygen atoms in total. The molecule has 0 saturated heterocycles. The molecule has 1 aromatic carbocycles. The summed E-state index contributed by atoms with van der Waals surface area (Å²) < 4.78 is 13.1. The van der Waals surface area contributed by atoms with E-state index < -0.39 is 11.9 Å². The number of carbonyl (C=O) groups is 2. The zero-order chi connectivity index (χ0) is 15.0. The fourth-order valence-corrected chi connectivity index (χ4v) is 2.39. The smallest absolute Gasteiger partial charge is 0.335 e. The van der Waals surface area contributed by atoms with Gasteiger partial charge >= 0.3 is 5.97 Å². The molecule has 3 rings (SSSR count). The Morgan fingerprint density at radius 3 is 2.57 bits per heavy atom. The van der Waals surface area contributed by atoms with Crippen LogP contribution >= 0.6 is 0 Å². The second-order valence-electron chi connectivity index (χ2n) is 4.82. The van der Waals surface area contributed by atoms with Gasteiger partial charge < -0.3 is 10.0 Å². The first kappa shape index (κ1) is 13.2. The predicted octanol–water partition coefficient (Wildman–Crippen LogP) is 2.07. The Morgan fingerprint density at radius 1 is 1.10 bits per heavy atom. The maximum atomic E-state index is 13.1. The molecule has 1 N–H and O–H groups in total. The van der Waals surface area contributed by atoms with Crippen LogP contribution < -0.4 is 0 Å². The number of fused-ring (bicyclic) bond motifs is 1. The van der Waals surface area contributed by atoms with Gasteiger partial charge in [0.2, 0.25) is 5.95 Å². The maximum absolute atomic E-state index is 13.1. The minimum Gasteiger partial charge on any atom is -0.478 e. The monoisotopic (exact) mass is 286 g/mol. The summed E-state index contributed by atoms with van der Waals surface area (Å²) >= 11 is 0. The van der Waals surface area contributed by atoms with Gasteiger partial charge in [0, 0.05) is 30.9 Å².